The van der Waals surface area contributed by atoms with Crippen molar-refractivity contribution in [2.75, 3.05) is 14.2 Å². The molecular formula is C34H25F2IN6O2. The number of halogens is 3. The Balaban J connectivity index is 0.000000172. The Kier molecular flexibility index (Phi) is 11.8. The van der Waals surface area contributed by atoms with E-state index in [0.717, 1.165) is 20.5 Å². The normalized spacial score (nSPS) is 9.69. The number of pyridine rings is 2. The molecule has 0 atom stereocenters. The van der Waals surface area contributed by atoms with Gasteiger partial charge in [0.05, 0.1) is 35.4 Å². The average Bonchev–Trinajstić information content (AvgIpc) is 3.68. The molecule has 224 valence electrons. The second kappa shape index (κ2) is 16.4. The molecular weight excluding hydrogens is 689 g/mol. The van der Waals surface area contributed by atoms with Gasteiger partial charge in [0.15, 0.2) is 0 Å². The molecule has 4 aromatic heterocycles. The maximum atomic E-state index is 13.0. The average molecular weight is 715 g/mol. The van der Waals surface area contributed by atoms with Crippen LogP contribution in [0.2, 0.25) is 0 Å². The van der Waals surface area contributed by atoms with Gasteiger partial charge in [-0.25, -0.2) is 23.1 Å². The van der Waals surface area contributed by atoms with Gasteiger partial charge in [-0.05, 0) is 101 Å². The van der Waals surface area contributed by atoms with Gasteiger partial charge >= 0.3 is 0 Å². The van der Waals surface area contributed by atoms with Crippen molar-refractivity contribution in [2.24, 2.45) is 0 Å². The molecule has 4 heterocycles. The Morgan fingerprint density at radius 1 is 0.733 bits per heavy atom. The summed E-state index contributed by atoms with van der Waals surface area (Å²) in [5, 5.41) is 8.48. The Bertz CT molecular complexity index is 1910. The van der Waals surface area contributed by atoms with E-state index < -0.39 is 0 Å². The van der Waals surface area contributed by atoms with Gasteiger partial charge in [0.2, 0.25) is 11.8 Å². The van der Waals surface area contributed by atoms with Gasteiger partial charge in [0, 0.05) is 30.4 Å². The molecule has 8 nitrogen and oxygen atoms in total. The van der Waals surface area contributed by atoms with E-state index in [1.165, 1.54) is 31.4 Å². The highest BCUT2D eigenvalue weighted by molar-refractivity contribution is 14.1. The highest BCUT2D eigenvalue weighted by Gasteiger charge is 2.09. The summed E-state index contributed by atoms with van der Waals surface area (Å²) in [7, 11) is 3.10. The van der Waals surface area contributed by atoms with Crippen molar-refractivity contribution in [3.05, 3.63) is 142 Å². The van der Waals surface area contributed by atoms with Crippen LogP contribution in [0.15, 0.2) is 110 Å². The summed E-state index contributed by atoms with van der Waals surface area (Å²) < 4.78 is 40.1. The summed E-state index contributed by atoms with van der Waals surface area (Å²) in [6.07, 6.45) is 13.7. The van der Waals surface area contributed by atoms with Crippen LogP contribution in [-0.4, -0.2) is 43.7 Å². The molecule has 0 saturated carbocycles. The van der Waals surface area contributed by atoms with Crippen LogP contribution in [0.4, 0.5) is 8.78 Å². The van der Waals surface area contributed by atoms with E-state index >= 15 is 0 Å². The molecule has 0 amide bonds. The van der Waals surface area contributed by atoms with Gasteiger partial charge in [-0.1, -0.05) is 17.9 Å². The molecule has 0 unspecified atom stereocenters. The summed E-state index contributed by atoms with van der Waals surface area (Å²) in [6, 6.07) is 21.3. The summed E-state index contributed by atoms with van der Waals surface area (Å²) in [4.78, 5) is 7.95. The molecule has 0 aliphatic carbocycles. The number of hydrogen-bond donors (Lipinski definition) is 0. The zero-order valence-corrected chi connectivity index (χ0v) is 26.3. The predicted octanol–water partition coefficient (Wildman–Crippen LogP) is 6.50. The second-order valence-corrected chi connectivity index (χ2v) is 9.89. The minimum absolute atomic E-state index is 0.257. The zero-order valence-electron chi connectivity index (χ0n) is 24.1. The van der Waals surface area contributed by atoms with Gasteiger partial charge in [-0.3, -0.25) is 4.98 Å². The fraction of sp³-hybridized carbons (Fsp3) is 0.0588. The zero-order chi connectivity index (χ0) is 32.0. The molecule has 0 fully saturated rings. The number of benzene rings is 2. The fourth-order valence-electron chi connectivity index (χ4n) is 3.54. The number of terminal acetylenes is 1. The number of methoxy groups -OCH3 is 2. The standard InChI is InChI=1S/C17H12FN3O.C10H8FIN2O.C7H5N/c1-22-17-13(5-8-15-4-2-3-11-19-15)12-21(20-17)16-9-6-14(18)7-10-16;1-15-10-9(12)6-14(13-10)8-4-2-7(11)3-5-8;1-2-7-4-3-5-8-6-7/h2-4,6-7,9-12H,1H3;2-6H,1H3;1,3-6H. The molecule has 2 aromatic carbocycles. The quantitative estimate of drug-likeness (QED) is 0.153. The number of aromatic nitrogens is 6. The van der Waals surface area contributed by atoms with Crippen LogP contribution in [0.3, 0.4) is 0 Å². The van der Waals surface area contributed by atoms with E-state index in [9.17, 15) is 8.78 Å². The maximum Gasteiger partial charge on any atom is 0.248 e. The molecule has 11 heteroatoms. The van der Waals surface area contributed by atoms with Gasteiger partial charge in [0.1, 0.15) is 22.9 Å². The molecule has 0 bridgehead atoms. The van der Waals surface area contributed by atoms with Crippen LogP contribution in [0.25, 0.3) is 11.4 Å². The minimum atomic E-state index is -0.293. The summed E-state index contributed by atoms with van der Waals surface area (Å²) >= 11 is 2.13. The first-order valence-electron chi connectivity index (χ1n) is 13.1. The summed E-state index contributed by atoms with van der Waals surface area (Å²) in [5.41, 5.74) is 3.66. The van der Waals surface area contributed by atoms with Crippen LogP contribution >= 0.6 is 22.6 Å². The molecule has 0 saturated heterocycles. The Morgan fingerprint density at radius 2 is 1.36 bits per heavy atom. The third-order valence-corrected chi connectivity index (χ3v) is 6.45. The predicted molar refractivity (Wildman–Crippen MR) is 175 cm³/mol. The highest BCUT2D eigenvalue weighted by Crippen LogP contribution is 2.20. The first-order valence-corrected chi connectivity index (χ1v) is 14.2. The first kappa shape index (κ1) is 32.4. The van der Waals surface area contributed by atoms with Crippen molar-refractivity contribution < 1.29 is 18.3 Å². The second-order valence-electron chi connectivity index (χ2n) is 8.73. The lowest BCUT2D eigenvalue weighted by atomic mass is 10.3. The lowest BCUT2D eigenvalue weighted by Gasteiger charge is -1.99. The van der Waals surface area contributed by atoms with Crippen molar-refractivity contribution >= 4 is 22.6 Å². The highest BCUT2D eigenvalue weighted by atomic mass is 127. The van der Waals surface area contributed by atoms with Crippen molar-refractivity contribution in [1.82, 2.24) is 29.5 Å². The molecule has 0 radical (unpaired) electrons. The van der Waals surface area contributed by atoms with Crippen molar-refractivity contribution in [2.45, 2.75) is 0 Å². The molecule has 45 heavy (non-hydrogen) atoms. The van der Waals surface area contributed by atoms with Crippen molar-refractivity contribution in [1.29, 1.82) is 0 Å². The maximum absolute atomic E-state index is 13.0. The molecule has 0 aliphatic heterocycles. The van der Waals surface area contributed by atoms with E-state index in [1.54, 1.807) is 65.5 Å². The lowest BCUT2D eigenvalue weighted by Crippen LogP contribution is -1.95. The Labute approximate surface area is 272 Å². The fourth-order valence-corrected chi connectivity index (χ4v) is 4.13. The van der Waals surface area contributed by atoms with Crippen LogP contribution in [0.1, 0.15) is 16.8 Å². The Morgan fingerprint density at radius 3 is 1.84 bits per heavy atom. The minimum Gasteiger partial charge on any atom is -0.479 e. The van der Waals surface area contributed by atoms with Crippen molar-refractivity contribution in [3.8, 4) is 47.3 Å². The van der Waals surface area contributed by atoms with Crippen LogP contribution in [0, 0.1) is 39.4 Å². The topological polar surface area (TPSA) is 79.9 Å². The van der Waals surface area contributed by atoms with Gasteiger partial charge < -0.3 is 9.47 Å². The molecule has 6 aromatic rings. The molecule has 0 N–H and O–H groups in total. The first-order chi connectivity index (χ1) is 21.9. The number of hydrogen-bond acceptors (Lipinski definition) is 6. The van der Waals surface area contributed by atoms with E-state index in [0.29, 0.717) is 23.0 Å². The van der Waals surface area contributed by atoms with E-state index in [2.05, 4.69) is 60.5 Å². The van der Waals surface area contributed by atoms with Gasteiger partial charge in [0.25, 0.3) is 0 Å². The summed E-state index contributed by atoms with van der Waals surface area (Å²) in [5.74, 6) is 8.84. The van der Waals surface area contributed by atoms with Gasteiger partial charge in [-0.2, -0.15) is 0 Å². The van der Waals surface area contributed by atoms with Crippen LogP contribution in [0.5, 0.6) is 11.8 Å². The van der Waals surface area contributed by atoms with E-state index in [-0.39, 0.29) is 11.6 Å². The van der Waals surface area contributed by atoms with Gasteiger partial charge in [-0.15, -0.1) is 16.6 Å². The lowest BCUT2D eigenvalue weighted by molar-refractivity contribution is 0.391. The monoisotopic (exact) mass is 714 g/mol. The van der Waals surface area contributed by atoms with Crippen LogP contribution in [-0.2, 0) is 0 Å². The largest absolute Gasteiger partial charge is 0.479 e. The summed E-state index contributed by atoms with van der Waals surface area (Å²) in [6.45, 7) is 0. The SMILES string of the molecule is C#Cc1cccnc1.COc1nn(-c2ccc(F)cc2)cc1C#Cc1ccccn1.COc1nn(-c2ccc(F)cc2)cc1I. The number of rotatable bonds is 4. The molecule has 6 rings (SSSR count). The smallest absolute Gasteiger partial charge is 0.248 e. The van der Waals surface area contributed by atoms with E-state index in [1.807, 2.05) is 36.5 Å². The van der Waals surface area contributed by atoms with Crippen LogP contribution < -0.4 is 9.47 Å². The molecule has 0 spiro atoms. The number of nitrogens with zero attached hydrogens (tertiary/aromatic N) is 6. The third kappa shape index (κ3) is 9.48. The molecule has 0 aliphatic rings. The number of ether oxygens (including phenoxy) is 2. The van der Waals surface area contributed by atoms with E-state index in [4.69, 9.17) is 15.9 Å². The van der Waals surface area contributed by atoms with Crippen molar-refractivity contribution in [3.63, 3.8) is 0 Å². The Hall–Kier alpha value is -5.53. The third-order valence-electron chi connectivity index (χ3n) is 5.71.